The fraction of sp³-hybridized carbons (Fsp3) is 0.254. The highest BCUT2D eigenvalue weighted by atomic mass is 79.9. The predicted octanol–water partition coefficient (Wildman–Crippen LogP) is 14.4. The van der Waals surface area contributed by atoms with Crippen LogP contribution >= 0.6 is 15.9 Å². The molecular weight excluding hydrogens is 1140 g/mol. The van der Waals surface area contributed by atoms with E-state index in [0.29, 0.717) is 114 Å². The molecule has 11 rings (SSSR count). The van der Waals surface area contributed by atoms with E-state index >= 15 is 0 Å². The van der Waals surface area contributed by atoms with Crippen molar-refractivity contribution in [3.05, 3.63) is 200 Å². The SMILES string of the molecule is CCC(=O)c1cc(Br)c2cc(Cc3ccc(F)cc3)cnc2c1OC.CCC(=O)c1cc(N2CCCC2=O)c2cc(Cc3ccc(F)cc3)cnc2c1O.CCC(=O)c1cc(N2CCCC2=O)c2cc(Cc3ccc(F)cc3)cnc2c1OC. The summed E-state index contributed by atoms with van der Waals surface area (Å²) in [6.45, 7) is 6.53. The third-order valence-electron chi connectivity index (χ3n) is 14.8. The highest BCUT2D eigenvalue weighted by molar-refractivity contribution is 9.10. The van der Waals surface area contributed by atoms with Crippen molar-refractivity contribution in [1.29, 1.82) is 0 Å². The number of anilines is 2. The molecule has 0 radical (unpaired) electrons. The lowest BCUT2D eigenvalue weighted by atomic mass is 9.99. The molecule has 13 nitrogen and oxygen atoms in total. The van der Waals surface area contributed by atoms with Gasteiger partial charge in [0.1, 0.15) is 34.0 Å². The fourth-order valence-electron chi connectivity index (χ4n) is 10.5. The van der Waals surface area contributed by atoms with Gasteiger partial charge in [0.2, 0.25) is 11.8 Å². The van der Waals surface area contributed by atoms with Gasteiger partial charge in [-0.2, -0.15) is 0 Å². The molecule has 2 saturated heterocycles. The van der Waals surface area contributed by atoms with Crippen molar-refractivity contribution in [3.8, 4) is 17.2 Å². The maximum absolute atomic E-state index is 13.2. The Morgan fingerprint density at radius 2 is 0.845 bits per heavy atom. The number of benzene rings is 6. The molecule has 84 heavy (non-hydrogen) atoms. The zero-order valence-corrected chi connectivity index (χ0v) is 48.7. The number of ether oxygens (including phenoxy) is 2. The van der Waals surface area contributed by atoms with E-state index in [-0.39, 0.29) is 64.3 Å². The van der Waals surface area contributed by atoms with Gasteiger partial charge in [-0.3, -0.25) is 38.9 Å². The first-order valence-electron chi connectivity index (χ1n) is 27.8. The number of Topliss-reactive ketones (excluding diaryl/α,β-unsaturated/α-hetero) is 3. The fourth-order valence-corrected chi connectivity index (χ4v) is 11.1. The highest BCUT2D eigenvalue weighted by Crippen LogP contribution is 2.41. The first kappa shape index (κ1) is 59.8. The van der Waals surface area contributed by atoms with E-state index < -0.39 is 0 Å². The van der Waals surface area contributed by atoms with Crippen LogP contribution in [0.1, 0.15) is 130 Å². The van der Waals surface area contributed by atoms with E-state index in [0.717, 1.165) is 61.5 Å². The number of amides is 2. The van der Waals surface area contributed by atoms with Gasteiger partial charge < -0.3 is 24.4 Å². The van der Waals surface area contributed by atoms with Crippen LogP contribution < -0.4 is 19.3 Å². The Balaban J connectivity index is 0.000000152. The number of phenols is 1. The second-order valence-electron chi connectivity index (χ2n) is 20.5. The van der Waals surface area contributed by atoms with Gasteiger partial charge in [0.25, 0.3) is 0 Å². The Hall–Kier alpha value is -8.83. The molecule has 2 aliphatic rings. The molecule has 0 unspecified atom stereocenters. The second-order valence-corrected chi connectivity index (χ2v) is 21.3. The standard InChI is InChI=1S/C24H23FN2O3.C23H21FN2O3.C20H17BrFNO2/c1-3-21(28)19-13-20(27-10-4-5-22(27)29)18-12-16(14-26-23(18)24(19)30-2)11-15-6-8-17(25)9-7-15;1-2-20(27)18-12-19(26-9-3-4-21(26)28)17-11-15(13-25-22(17)23(18)29)10-14-5-7-16(24)8-6-14;1-3-18(24)16-10-17(21)15-9-13(11-23-19(15)20(16)25-2)8-12-4-6-14(22)7-5-12/h6-9,12-14H,3-5,10-11H2,1-2H3;5-8,11-13,29H,2-4,9-10H2,1H3;4-7,9-11H,3,8H2,1-2H3. The number of aromatic hydroxyl groups is 1. The van der Waals surface area contributed by atoms with Crippen molar-refractivity contribution in [3.63, 3.8) is 0 Å². The largest absolute Gasteiger partial charge is 0.505 e. The lowest BCUT2D eigenvalue weighted by molar-refractivity contribution is -0.117. The lowest BCUT2D eigenvalue weighted by Crippen LogP contribution is -2.24. The molecule has 430 valence electrons. The van der Waals surface area contributed by atoms with Gasteiger partial charge in [-0.15, -0.1) is 0 Å². The van der Waals surface area contributed by atoms with Crippen LogP contribution in [0.2, 0.25) is 0 Å². The van der Waals surface area contributed by atoms with Crippen LogP contribution in [0.25, 0.3) is 32.7 Å². The summed E-state index contributed by atoms with van der Waals surface area (Å²) < 4.78 is 51.3. The highest BCUT2D eigenvalue weighted by Gasteiger charge is 2.29. The van der Waals surface area contributed by atoms with Gasteiger partial charge in [0.05, 0.1) is 42.3 Å². The van der Waals surface area contributed by atoms with Crippen molar-refractivity contribution in [2.75, 3.05) is 37.1 Å². The van der Waals surface area contributed by atoms with Gasteiger partial charge in [-0.25, -0.2) is 13.2 Å². The van der Waals surface area contributed by atoms with Gasteiger partial charge in [0, 0.05) is 84.4 Å². The molecule has 0 atom stereocenters. The van der Waals surface area contributed by atoms with Crippen LogP contribution in [0.3, 0.4) is 0 Å². The molecule has 5 heterocycles. The van der Waals surface area contributed by atoms with Crippen molar-refractivity contribution in [2.45, 2.75) is 85.0 Å². The molecule has 2 fully saturated rings. The van der Waals surface area contributed by atoms with E-state index in [1.807, 2.05) is 25.1 Å². The minimum atomic E-state index is -0.293. The third-order valence-corrected chi connectivity index (χ3v) is 15.5. The number of halogens is 4. The Bertz CT molecular complexity index is 3990. The molecule has 0 aliphatic carbocycles. The van der Waals surface area contributed by atoms with Gasteiger partial charge in [-0.05, 0) is 138 Å². The lowest BCUT2D eigenvalue weighted by Gasteiger charge is -2.21. The number of phenolic OH excluding ortho intramolecular Hbond substituents is 1. The smallest absolute Gasteiger partial charge is 0.227 e. The van der Waals surface area contributed by atoms with E-state index in [1.54, 1.807) is 104 Å². The summed E-state index contributed by atoms with van der Waals surface area (Å²) in [6.07, 6.45) is 10.4. The number of aromatic nitrogens is 3. The van der Waals surface area contributed by atoms with Gasteiger partial charge >= 0.3 is 0 Å². The number of ketones is 3. The van der Waals surface area contributed by atoms with E-state index in [9.17, 15) is 42.3 Å². The summed E-state index contributed by atoms with van der Waals surface area (Å²) in [4.78, 5) is 78.9. The van der Waals surface area contributed by atoms with E-state index in [2.05, 4.69) is 30.9 Å². The van der Waals surface area contributed by atoms with Gasteiger partial charge in [0.15, 0.2) is 34.6 Å². The first-order chi connectivity index (χ1) is 40.5. The van der Waals surface area contributed by atoms with E-state index in [4.69, 9.17) is 9.47 Å². The number of pyridine rings is 3. The topological polar surface area (TPSA) is 169 Å². The van der Waals surface area contributed by atoms with Crippen molar-refractivity contribution >= 4 is 89.2 Å². The molecule has 6 aromatic carbocycles. The number of rotatable bonds is 16. The van der Waals surface area contributed by atoms with Crippen LogP contribution in [0.4, 0.5) is 24.5 Å². The third kappa shape index (κ3) is 13.2. The Morgan fingerprint density at radius 3 is 1.23 bits per heavy atom. The second kappa shape index (κ2) is 26.6. The van der Waals surface area contributed by atoms with Crippen LogP contribution in [0.15, 0.2) is 132 Å². The average molecular weight is 1200 g/mol. The minimum absolute atomic E-state index is 0.00387. The Morgan fingerprint density at radius 1 is 0.500 bits per heavy atom. The van der Waals surface area contributed by atoms with Crippen LogP contribution in [0.5, 0.6) is 17.2 Å². The summed E-state index contributed by atoms with van der Waals surface area (Å²) in [5.41, 5.74) is 9.66. The quantitative estimate of drug-likeness (QED) is 0.0914. The molecule has 2 amide bonds. The maximum atomic E-state index is 13.2. The summed E-state index contributed by atoms with van der Waals surface area (Å²) in [5.74, 6) is -0.252. The van der Waals surface area contributed by atoms with Crippen LogP contribution in [-0.4, -0.2) is 76.5 Å². The van der Waals surface area contributed by atoms with Crippen molar-refractivity contribution in [2.24, 2.45) is 0 Å². The molecule has 2 aliphatic heterocycles. The molecule has 0 saturated carbocycles. The van der Waals surface area contributed by atoms with Crippen LogP contribution in [0, 0.1) is 17.5 Å². The Kier molecular flexibility index (Phi) is 18.9. The summed E-state index contributed by atoms with van der Waals surface area (Å²) >= 11 is 3.54. The maximum Gasteiger partial charge on any atom is 0.227 e. The first-order valence-corrected chi connectivity index (χ1v) is 28.5. The zero-order chi connectivity index (χ0) is 59.8. The average Bonchev–Trinajstić information content (AvgIpc) is 1.80. The van der Waals surface area contributed by atoms with Crippen molar-refractivity contribution < 1.29 is 51.7 Å². The number of carbonyl (C=O) groups excluding carboxylic acids is 5. The molecule has 3 aromatic heterocycles. The molecule has 9 aromatic rings. The van der Waals surface area contributed by atoms with Crippen LogP contribution in [-0.2, 0) is 28.9 Å². The zero-order valence-electron chi connectivity index (χ0n) is 47.2. The summed E-state index contributed by atoms with van der Waals surface area (Å²) in [5, 5.41) is 12.9. The summed E-state index contributed by atoms with van der Waals surface area (Å²) in [7, 11) is 3.07. The molecule has 0 spiro atoms. The van der Waals surface area contributed by atoms with E-state index in [1.165, 1.54) is 43.5 Å². The molecule has 17 heteroatoms. The predicted molar refractivity (Wildman–Crippen MR) is 322 cm³/mol. The van der Waals surface area contributed by atoms with Gasteiger partial charge in [-0.1, -0.05) is 73.1 Å². The molecular formula is C67H61BrF3N5O8. The van der Waals surface area contributed by atoms with Crippen molar-refractivity contribution in [1.82, 2.24) is 15.0 Å². The number of hydrogen-bond donors (Lipinski definition) is 1. The number of nitrogens with zero attached hydrogens (tertiary/aromatic N) is 5. The number of fused-ring (bicyclic) bond motifs is 3. The summed E-state index contributed by atoms with van der Waals surface area (Å²) in [6, 6.07) is 30.1. The number of carbonyl (C=O) groups is 5. The normalized spacial score (nSPS) is 13.0. The Labute approximate surface area is 492 Å². The number of methoxy groups -OCH3 is 2. The monoisotopic (exact) mass is 1200 g/mol. The minimum Gasteiger partial charge on any atom is -0.505 e. The molecule has 0 bridgehead atoms. The number of hydrogen-bond acceptors (Lipinski definition) is 11. The molecule has 1 N–H and O–H groups in total.